The van der Waals surface area contributed by atoms with E-state index in [9.17, 15) is 9.90 Å². The molecule has 198 valence electrons. The van der Waals surface area contributed by atoms with Gasteiger partial charge < -0.3 is 14.6 Å². The summed E-state index contributed by atoms with van der Waals surface area (Å²) >= 11 is 0. The Morgan fingerprint density at radius 2 is 1.66 bits per heavy atom. The van der Waals surface area contributed by atoms with Crippen molar-refractivity contribution in [3.8, 4) is 11.3 Å². The van der Waals surface area contributed by atoms with Crippen molar-refractivity contribution in [3.63, 3.8) is 0 Å². The quantitative estimate of drug-likeness (QED) is 0.437. The molecule has 38 heavy (non-hydrogen) atoms. The van der Waals surface area contributed by atoms with Gasteiger partial charge >= 0.3 is 0 Å². The Morgan fingerprint density at radius 1 is 0.921 bits per heavy atom. The molecule has 3 atom stereocenters. The Balaban J connectivity index is 1.30. The van der Waals surface area contributed by atoms with Gasteiger partial charge in [-0.25, -0.2) is 4.98 Å². The Hall–Kier alpha value is -3.22. The molecule has 6 rings (SSSR count). The molecule has 1 aromatic heterocycles. The maximum atomic E-state index is 14.2. The number of aliphatic hydroxyl groups excluding tert-OH is 1. The molecule has 0 bridgehead atoms. The number of piperazine rings is 1. The van der Waals surface area contributed by atoms with Crippen LogP contribution in [0.5, 0.6) is 0 Å². The molecule has 3 aliphatic rings. The molecule has 1 N–H and O–H groups in total. The lowest BCUT2D eigenvalue weighted by Gasteiger charge is -2.40. The van der Waals surface area contributed by atoms with Gasteiger partial charge in [0.1, 0.15) is 0 Å². The lowest BCUT2D eigenvalue weighted by molar-refractivity contribution is 0.0518. The highest BCUT2D eigenvalue weighted by molar-refractivity contribution is 5.98. The van der Waals surface area contributed by atoms with E-state index in [1.165, 1.54) is 18.4 Å². The summed E-state index contributed by atoms with van der Waals surface area (Å²) in [6.07, 6.45) is 12.2. The molecule has 2 saturated carbocycles. The molecule has 2 heterocycles. The molecule has 6 nitrogen and oxygen atoms in total. The zero-order valence-electron chi connectivity index (χ0n) is 22.0. The lowest BCUT2D eigenvalue weighted by atomic mass is 9.92. The average molecular weight is 511 g/mol. The highest BCUT2D eigenvalue weighted by atomic mass is 16.3. The van der Waals surface area contributed by atoms with Gasteiger partial charge in [0.2, 0.25) is 0 Å². The van der Waals surface area contributed by atoms with E-state index in [2.05, 4.69) is 52.0 Å². The van der Waals surface area contributed by atoms with Crippen molar-refractivity contribution in [2.75, 3.05) is 19.6 Å². The van der Waals surface area contributed by atoms with E-state index in [-0.39, 0.29) is 18.0 Å². The van der Waals surface area contributed by atoms with Gasteiger partial charge in [-0.05, 0) is 37.2 Å². The first kappa shape index (κ1) is 25.1. The summed E-state index contributed by atoms with van der Waals surface area (Å²) < 4.78 is 2.08. The summed E-state index contributed by atoms with van der Waals surface area (Å²) in [4.78, 5) is 23.5. The Bertz CT molecular complexity index is 1250. The van der Waals surface area contributed by atoms with Crippen molar-refractivity contribution in [3.05, 3.63) is 90.4 Å². The second-order valence-corrected chi connectivity index (χ2v) is 11.1. The third kappa shape index (κ3) is 5.47. The number of aromatic nitrogens is 2. The maximum Gasteiger partial charge on any atom is 0.275 e. The summed E-state index contributed by atoms with van der Waals surface area (Å²) in [6, 6.07) is 20.6. The summed E-state index contributed by atoms with van der Waals surface area (Å²) in [6.45, 7) is 3.20. The van der Waals surface area contributed by atoms with Crippen molar-refractivity contribution in [1.82, 2.24) is 19.4 Å². The highest BCUT2D eigenvalue weighted by Gasteiger charge is 2.35. The number of carbonyl (C=O) groups is 1. The van der Waals surface area contributed by atoms with Gasteiger partial charge in [0.25, 0.3) is 5.91 Å². The topological polar surface area (TPSA) is 61.6 Å². The van der Waals surface area contributed by atoms with Crippen molar-refractivity contribution in [1.29, 1.82) is 0 Å². The van der Waals surface area contributed by atoms with Crippen LogP contribution in [0.25, 0.3) is 11.3 Å². The molecule has 2 aromatic carbocycles. The van der Waals surface area contributed by atoms with Crippen molar-refractivity contribution >= 4 is 5.91 Å². The van der Waals surface area contributed by atoms with Crippen LogP contribution in [0.2, 0.25) is 0 Å². The molecule has 1 aliphatic heterocycles. The van der Waals surface area contributed by atoms with Crippen LogP contribution < -0.4 is 0 Å². The van der Waals surface area contributed by atoms with Crippen LogP contribution in [0.3, 0.4) is 0 Å². The predicted molar refractivity (Wildman–Crippen MR) is 150 cm³/mol. The van der Waals surface area contributed by atoms with E-state index in [0.717, 1.165) is 56.6 Å². The summed E-state index contributed by atoms with van der Waals surface area (Å²) in [5.74, 6) is 0.640. The van der Waals surface area contributed by atoms with Crippen molar-refractivity contribution in [2.45, 2.75) is 63.3 Å². The first-order chi connectivity index (χ1) is 18.7. The maximum absolute atomic E-state index is 14.2. The van der Waals surface area contributed by atoms with E-state index in [4.69, 9.17) is 4.98 Å². The molecule has 2 aliphatic carbocycles. The van der Waals surface area contributed by atoms with Crippen LogP contribution in [0.1, 0.15) is 60.6 Å². The number of imidazole rings is 1. The zero-order chi connectivity index (χ0) is 25.9. The smallest absolute Gasteiger partial charge is 0.275 e. The van der Waals surface area contributed by atoms with Crippen LogP contribution in [-0.4, -0.2) is 62.1 Å². The van der Waals surface area contributed by atoms with Crippen molar-refractivity contribution in [2.24, 2.45) is 5.92 Å². The molecule has 6 heteroatoms. The number of hydrogen-bond acceptors (Lipinski definition) is 4. The molecular weight excluding hydrogens is 472 g/mol. The Morgan fingerprint density at radius 3 is 2.39 bits per heavy atom. The normalized spacial score (nSPS) is 24.7. The molecule has 1 amide bonds. The van der Waals surface area contributed by atoms with Crippen LogP contribution in [0, 0.1) is 5.92 Å². The van der Waals surface area contributed by atoms with E-state index in [1.54, 1.807) is 6.33 Å². The monoisotopic (exact) mass is 510 g/mol. The molecule has 0 spiro atoms. The number of benzene rings is 2. The molecule has 0 radical (unpaired) electrons. The largest absolute Gasteiger partial charge is 0.391 e. The standard InChI is InChI=1S/C32H38N4O2/c37-29-14-8-7-13-28(29)36-23-33-30(31(36)26-11-5-2-6-12-26)32(38)35-20-19-34(21-25-9-3-1-4-10-25)22-27(35)18-17-24-15-16-24/h1-6,9-12,17-18,23-24,27-29,37H,7-8,13-16,19-22H2/t27-,28+,29-/m1/s1. The first-order valence-corrected chi connectivity index (χ1v) is 14.2. The lowest BCUT2D eigenvalue weighted by Crippen LogP contribution is -2.54. The van der Waals surface area contributed by atoms with Gasteiger partial charge in [-0.2, -0.15) is 0 Å². The number of hydrogen-bond donors (Lipinski definition) is 1. The zero-order valence-corrected chi connectivity index (χ0v) is 22.0. The fourth-order valence-corrected chi connectivity index (χ4v) is 6.05. The minimum atomic E-state index is -0.417. The van der Waals surface area contributed by atoms with Gasteiger partial charge in [-0.3, -0.25) is 9.69 Å². The third-order valence-corrected chi connectivity index (χ3v) is 8.33. The fraction of sp³-hybridized carbons (Fsp3) is 0.438. The van der Waals surface area contributed by atoms with E-state index >= 15 is 0 Å². The van der Waals surface area contributed by atoms with Crippen LogP contribution >= 0.6 is 0 Å². The minimum absolute atomic E-state index is 0.00889. The fourth-order valence-electron chi connectivity index (χ4n) is 6.05. The van der Waals surface area contributed by atoms with Crippen molar-refractivity contribution < 1.29 is 9.90 Å². The molecule has 1 saturated heterocycles. The number of nitrogens with zero attached hydrogens (tertiary/aromatic N) is 4. The number of allylic oxidation sites excluding steroid dienone is 1. The van der Waals surface area contributed by atoms with Gasteiger partial charge in [0.15, 0.2) is 5.69 Å². The summed E-state index contributed by atoms with van der Waals surface area (Å²) in [7, 11) is 0. The molecule has 3 fully saturated rings. The summed E-state index contributed by atoms with van der Waals surface area (Å²) in [5.41, 5.74) is 3.60. The second-order valence-electron chi connectivity index (χ2n) is 11.1. The van der Waals surface area contributed by atoms with Gasteiger partial charge in [-0.15, -0.1) is 0 Å². The van der Waals surface area contributed by atoms with E-state index in [0.29, 0.717) is 18.2 Å². The predicted octanol–water partition coefficient (Wildman–Crippen LogP) is 5.32. The Labute approximate surface area is 225 Å². The molecular formula is C32H38N4O2. The van der Waals surface area contributed by atoms with Gasteiger partial charge in [0, 0.05) is 31.7 Å². The second kappa shape index (κ2) is 11.3. The third-order valence-electron chi connectivity index (χ3n) is 8.33. The number of aliphatic hydroxyl groups is 1. The average Bonchev–Trinajstić information content (AvgIpc) is 3.69. The molecule has 0 unspecified atom stereocenters. The summed E-state index contributed by atoms with van der Waals surface area (Å²) in [5, 5.41) is 10.9. The van der Waals surface area contributed by atoms with E-state index in [1.807, 2.05) is 35.2 Å². The number of amides is 1. The van der Waals surface area contributed by atoms with Gasteiger partial charge in [0.05, 0.1) is 30.2 Å². The van der Waals surface area contributed by atoms with E-state index < -0.39 is 6.10 Å². The molecule has 3 aromatic rings. The number of rotatable bonds is 7. The first-order valence-electron chi connectivity index (χ1n) is 14.2. The van der Waals surface area contributed by atoms with Crippen LogP contribution in [-0.2, 0) is 6.54 Å². The minimum Gasteiger partial charge on any atom is -0.391 e. The number of carbonyl (C=O) groups excluding carboxylic acids is 1. The highest BCUT2D eigenvalue weighted by Crippen LogP contribution is 2.35. The van der Waals surface area contributed by atoms with Crippen LogP contribution in [0.4, 0.5) is 0 Å². The van der Waals surface area contributed by atoms with Gasteiger partial charge in [-0.1, -0.05) is 85.7 Å². The Kier molecular flexibility index (Phi) is 7.43. The SMILES string of the molecule is O=C(c1ncn([C@H]2CCCC[C@H]2O)c1-c1ccccc1)N1CCN(Cc2ccccc2)C[C@H]1C=CC1CC1. The van der Waals surface area contributed by atoms with Crippen LogP contribution in [0.15, 0.2) is 79.1 Å².